The van der Waals surface area contributed by atoms with Crippen LogP contribution in [0, 0.1) is 0 Å². The van der Waals surface area contributed by atoms with E-state index in [1.165, 1.54) is 308 Å². The first-order valence-electron chi connectivity index (χ1n) is 31.1. The number of carbonyl (C=O) groups excluding carboxylic acids is 2. The Bertz CT molecular complexity index is 937. The fourth-order valence-electron chi connectivity index (χ4n) is 9.97. The van der Waals surface area contributed by atoms with Crippen molar-refractivity contribution in [1.29, 1.82) is 0 Å². The number of aliphatic hydroxyl groups excluding tert-OH is 1. The van der Waals surface area contributed by atoms with Gasteiger partial charge in [0.15, 0.2) is 6.10 Å². The monoisotopic (exact) mass is 947 g/mol. The van der Waals surface area contributed by atoms with Crippen LogP contribution < -0.4 is 0 Å². The van der Waals surface area contributed by atoms with E-state index >= 15 is 0 Å². The summed E-state index contributed by atoms with van der Waals surface area (Å²) < 4.78 is 10.7. The van der Waals surface area contributed by atoms with Gasteiger partial charge in [-0.2, -0.15) is 0 Å². The van der Waals surface area contributed by atoms with Crippen LogP contribution >= 0.6 is 0 Å². The number of unbranched alkanes of at least 4 members (excludes halogenated alkanes) is 51. The molecule has 0 aromatic heterocycles. The molecule has 1 unspecified atom stereocenters. The average molecular weight is 948 g/mol. The lowest BCUT2D eigenvalue weighted by molar-refractivity contribution is -0.161. The van der Waals surface area contributed by atoms with Crippen molar-refractivity contribution >= 4 is 11.9 Å². The molecular formula is C62H122O5. The maximum Gasteiger partial charge on any atom is 0.306 e. The molecular weight excluding hydrogens is 825 g/mol. The average Bonchev–Trinajstić information content (AvgIpc) is 3.33. The third-order valence-corrected chi connectivity index (χ3v) is 14.7. The van der Waals surface area contributed by atoms with Crippen LogP contribution in [0.4, 0.5) is 0 Å². The zero-order valence-electron chi connectivity index (χ0n) is 46.0. The Balaban J connectivity index is 3.37. The van der Waals surface area contributed by atoms with Gasteiger partial charge < -0.3 is 14.6 Å². The van der Waals surface area contributed by atoms with E-state index in [9.17, 15) is 14.7 Å². The van der Waals surface area contributed by atoms with Crippen molar-refractivity contribution in [2.45, 2.75) is 373 Å². The molecule has 0 rings (SSSR count). The lowest BCUT2D eigenvalue weighted by Crippen LogP contribution is -2.28. The minimum Gasteiger partial charge on any atom is -0.462 e. The van der Waals surface area contributed by atoms with Gasteiger partial charge in [0.05, 0.1) is 6.61 Å². The molecule has 1 atom stereocenters. The van der Waals surface area contributed by atoms with E-state index in [1.54, 1.807) is 0 Å². The number of hydrogen-bond donors (Lipinski definition) is 1. The Hall–Kier alpha value is -1.10. The molecule has 0 saturated heterocycles. The van der Waals surface area contributed by atoms with Gasteiger partial charge in [0, 0.05) is 12.8 Å². The summed E-state index contributed by atoms with van der Waals surface area (Å²) in [7, 11) is 0. The Morgan fingerprint density at radius 1 is 0.284 bits per heavy atom. The van der Waals surface area contributed by atoms with Gasteiger partial charge in [-0.05, 0) is 12.8 Å². The predicted molar refractivity (Wildman–Crippen MR) is 293 cm³/mol. The summed E-state index contributed by atoms with van der Waals surface area (Å²) in [4.78, 5) is 24.6. The molecule has 0 amide bonds. The van der Waals surface area contributed by atoms with E-state index < -0.39 is 6.10 Å². The molecule has 0 aliphatic heterocycles. The Labute approximate surface area is 420 Å². The molecule has 400 valence electrons. The highest BCUT2D eigenvalue weighted by Gasteiger charge is 2.16. The summed E-state index contributed by atoms with van der Waals surface area (Å²) in [6.45, 7) is 4.22. The molecule has 0 spiro atoms. The highest BCUT2D eigenvalue weighted by atomic mass is 16.6. The van der Waals surface area contributed by atoms with Gasteiger partial charge in [-0.3, -0.25) is 9.59 Å². The maximum absolute atomic E-state index is 12.3. The molecule has 5 nitrogen and oxygen atoms in total. The first kappa shape index (κ1) is 65.9. The molecule has 0 saturated carbocycles. The van der Waals surface area contributed by atoms with Crippen LogP contribution in [-0.2, 0) is 19.1 Å². The molecule has 67 heavy (non-hydrogen) atoms. The van der Waals surface area contributed by atoms with Gasteiger partial charge in [0.1, 0.15) is 6.61 Å². The van der Waals surface area contributed by atoms with Crippen molar-refractivity contribution in [2.75, 3.05) is 13.2 Å². The summed E-state index contributed by atoms with van der Waals surface area (Å²) in [5, 5.41) is 9.67. The maximum atomic E-state index is 12.3. The topological polar surface area (TPSA) is 72.8 Å². The molecule has 0 bridgehead atoms. The Morgan fingerprint density at radius 2 is 0.463 bits per heavy atom. The predicted octanol–water partition coefficient (Wildman–Crippen LogP) is 20.9. The molecule has 0 aromatic rings. The van der Waals surface area contributed by atoms with Gasteiger partial charge in [0.2, 0.25) is 0 Å². The normalized spacial score (nSPS) is 12.0. The number of rotatable bonds is 59. The summed E-state index contributed by atoms with van der Waals surface area (Å²) in [5.74, 6) is -0.561. The van der Waals surface area contributed by atoms with Crippen molar-refractivity contribution in [1.82, 2.24) is 0 Å². The van der Waals surface area contributed by atoms with E-state index in [1.807, 2.05) is 0 Å². The molecule has 5 heteroatoms. The van der Waals surface area contributed by atoms with Gasteiger partial charge in [0.25, 0.3) is 0 Å². The minimum atomic E-state index is -0.764. The van der Waals surface area contributed by atoms with E-state index in [4.69, 9.17) is 9.47 Å². The number of aliphatic hydroxyl groups is 1. The fourth-order valence-corrected chi connectivity index (χ4v) is 9.97. The SMILES string of the molecule is CCCCCCCCCCCCCCCCCCCCCCCCCCCCCCCCC(=O)OC(CO)COC(=O)CCCCCCCCCCCCCCCCCCCCCCCCC. The smallest absolute Gasteiger partial charge is 0.306 e. The van der Waals surface area contributed by atoms with Crippen LogP contribution in [0.3, 0.4) is 0 Å². The van der Waals surface area contributed by atoms with E-state index in [2.05, 4.69) is 13.8 Å². The highest BCUT2D eigenvalue weighted by molar-refractivity contribution is 5.70. The molecule has 0 fully saturated rings. The summed E-state index contributed by atoms with van der Waals surface area (Å²) in [5.41, 5.74) is 0. The zero-order chi connectivity index (χ0) is 48.5. The van der Waals surface area contributed by atoms with Crippen molar-refractivity contribution in [3.8, 4) is 0 Å². The lowest BCUT2D eigenvalue weighted by Gasteiger charge is -2.15. The first-order chi connectivity index (χ1) is 33.1. The van der Waals surface area contributed by atoms with Gasteiger partial charge in [-0.15, -0.1) is 0 Å². The van der Waals surface area contributed by atoms with Crippen LogP contribution in [0.1, 0.15) is 367 Å². The second-order valence-corrected chi connectivity index (χ2v) is 21.5. The van der Waals surface area contributed by atoms with Crippen LogP contribution in [0.15, 0.2) is 0 Å². The second kappa shape index (κ2) is 59.2. The Morgan fingerprint density at radius 3 is 0.657 bits per heavy atom. The van der Waals surface area contributed by atoms with Crippen LogP contribution in [0.2, 0.25) is 0 Å². The molecule has 0 aliphatic carbocycles. The molecule has 0 aromatic carbocycles. The van der Waals surface area contributed by atoms with Crippen molar-refractivity contribution in [3.05, 3.63) is 0 Å². The molecule has 1 N–H and O–H groups in total. The summed E-state index contributed by atoms with van der Waals surface area (Å²) >= 11 is 0. The highest BCUT2D eigenvalue weighted by Crippen LogP contribution is 2.19. The zero-order valence-corrected chi connectivity index (χ0v) is 46.0. The van der Waals surface area contributed by atoms with E-state index in [0.717, 1.165) is 32.1 Å². The standard InChI is InChI=1S/C62H122O5/c1-3-5-7-9-11-13-15-17-19-21-23-25-27-28-29-30-31-32-33-35-37-39-41-43-45-47-49-51-53-55-57-62(65)67-60(58-63)59-66-61(64)56-54-52-50-48-46-44-42-40-38-36-34-26-24-22-20-18-16-14-12-10-8-6-4-2/h60,63H,3-59H2,1-2H3. The Kier molecular flexibility index (Phi) is 58.2. The lowest BCUT2D eigenvalue weighted by atomic mass is 10.0. The largest absolute Gasteiger partial charge is 0.462 e. The van der Waals surface area contributed by atoms with E-state index in [-0.39, 0.29) is 25.2 Å². The summed E-state index contributed by atoms with van der Waals surface area (Å²) in [6.07, 6.45) is 72.5. The molecule has 0 radical (unpaired) electrons. The van der Waals surface area contributed by atoms with E-state index in [0.29, 0.717) is 12.8 Å². The number of carbonyl (C=O) groups is 2. The minimum absolute atomic E-state index is 0.0555. The van der Waals surface area contributed by atoms with Crippen LogP contribution in [-0.4, -0.2) is 36.4 Å². The second-order valence-electron chi connectivity index (χ2n) is 21.5. The number of ether oxygens (including phenoxy) is 2. The quantitative estimate of drug-likeness (QED) is 0.0486. The molecule has 0 aliphatic rings. The number of hydrogen-bond acceptors (Lipinski definition) is 5. The third-order valence-electron chi connectivity index (χ3n) is 14.7. The van der Waals surface area contributed by atoms with Crippen molar-refractivity contribution < 1.29 is 24.2 Å². The van der Waals surface area contributed by atoms with Crippen molar-refractivity contribution in [3.63, 3.8) is 0 Å². The van der Waals surface area contributed by atoms with Gasteiger partial charge in [-0.25, -0.2) is 0 Å². The molecule has 0 heterocycles. The fraction of sp³-hybridized carbons (Fsp3) is 0.968. The van der Waals surface area contributed by atoms with Gasteiger partial charge in [-0.1, -0.05) is 341 Å². The number of esters is 2. The summed E-state index contributed by atoms with van der Waals surface area (Å²) in [6, 6.07) is 0. The van der Waals surface area contributed by atoms with Crippen LogP contribution in [0.25, 0.3) is 0 Å². The van der Waals surface area contributed by atoms with Crippen molar-refractivity contribution in [2.24, 2.45) is 0 Å². The first-order valence-corrected chi connectivity index (χ1v) is 31.1. The third kappa shape index (κ3) is 57.4. The van der Waals surface area contributed by atoms with Gasteiger partial charge >= 0.3 is 11.9 Å². The van der Waals surface area contributed by atoms with Crippen LogP contribution in [0.5, 0.6) is 0 Å².